The lowest BCUT2D eigenvalue weighted by Crippen LogP contribution is -2.32. The van der Waals surface area contributed by atoms with Crippen molar-refractivity contribution in [3.05, 3.63) is 247 Å². The van der Waals surface area contributed by atoms with Gasteiger partial charge in [0.15, 0.2) is 28.9 Å². The van der Waals surface area contributed by atoms with Crippen molar-refractivity contribution in [3.8, 4) is 90.6 Å². The molecular weight excluding hydrogens is 847 g/mol. The number of ether oxygens (including phenoxy) is 1. The van der Waals surface area contributed by atoms with Gasteiger partial charge in [0, 0.05) is 44.3 Å². The topological polar surface area (TPSA) is 86.8 Å². The van der Waals surface area contributed by atoms with Crippen LogP contribution in [0, 0.1) is 0 Å². The van der Waals surface area contributed by atoms with Crippen LogP contribution in [0.2, 0.25) is 0 Å². The minimum absolute atomic E-state index is 0.600. The van der Waals surface area contributed by atoms with Crippen LogP contribution in [0.15, 0.2) is 229 Å². The van der Waals surface area contributed by atoms with Crippen LogP contribution in [0.1, 0.15) is 22.3 Å². The van der Waals surface area contributed by atoms with E-state index in [4.69, 9.17) is 34.1 Å². The monoisotopic (exact) mass is 883 g/mol. The second-order valence-electron chi connectivity index (χ2n) is 17.5. The molecule has 0 fully saturated rings. The molecule has 2 aliphatic rings. The highest BCUT2D eigenvalue weighted by molar-refractivity contribution is 6.07. The van der Waals surface area contributed by atoms with Gasteiger partial charge in [-0.1, -0.05) is 194 Å². The van der Waals surface area contributed by atoms with Gasteiger partial charge in [0.1, 0.15) is 28.3 Å². The average molecular weight is 884 g/mol. The zero-order valence-corrected chi connectivity index (χ0v) is 36.9. The maximum Gasteiger partial charge on any atom is 0.180 e. The van der Waals surface area contributed by atoms with E-state index in [1.165, 1.54) is 0 Å². The Morgan fingerprint density at radius 1 is 0.333 bits per heavy atom. The molecule has 7 nitrogen and oxygen atoms in total. The summed E-state index contributed by atoms with van der Waals surface area (Å²) in [4.78, 5) is 26.0. The smallest absolute Gasteiger partial charge is 0.180 e. The molecule has 0 N–H and O–H groups in total. The molecule has 14 rings (SSSR count). The summed E-state index contributed by atoms with van der Waals surface area (Å²) in [6.07, 6.45) is 0. The van der Waals surface area contributed by atoms with Crippen LogP contribution >= 0.6 is 0 Å². The molecular formula is C62H37N5O2. The van der Waals surface area contributed by atoms with Crippen LogP contribution in [0.5, 0.6) is 11.5 Å². The Hall–Kier alpha value is -9.33. The van der Waals surface area contributed by atoms with E-state index in [-0.39, 0.29) is 0 Å². The molecule has 1 spiro atoms. The average Bonchev–Trinajstić information content (AvgIpc) is 3.95. The molecule has 7 heteroatoms. The highest BCUT2D eigenvalue weighted by Crippen LogP contribution is 2.64. The summed E-state index contributed by atoms with van der Waals surface area (Å²) >= 11 is 0. The lowest BCUT2D eigenvalue weighted by molar-refractivity contribution is 0.436. The normalized spacial score (nSPS) is 12.9. The molecule has 0 bridgehead atoms. The number of aromatic nitrogens is 5. The Balaban J connectivity index is 0.962. The molecule has 1 aliphatic carbocycles. The minimum atomic E-state index is -0.806. The van der Waals surface area contributed by atoms with Crippen molar-refractivity contribution in [1.82, 2.24) is 24.9 Å². The van der Waals surface area contributed by atoms with Crippen molar-refractivity contribution in [1.29, 1.82) is 0 Å². The molecule has 1 aliphatic heterocycles. The number of rotatable bonds is 6. The van der Waals surface area contributed by atoms with Crippen molar-refractivity contribution in [2.45, 2.75) is 5.41 Å². The van der Waals surface area contributed by atoms with Crippen molar-refractivity contribution < 1.29 is 9.15 Å². The van der Waals surface area contributed by atoms with Gasteiger partial charge in [0.25, 0.3) is 0 Å². The zero-order valence-electron chi connectivity index (χ0n) is 36.9. The van der Waals surface area contributed by atoms with E-state index < -0.39 is 5.41 Å². The first-order valence-electron chi connectivity index (χ1n) is 23.1. The number of benzene rings is 9. The molecule has 0 unspecified atom stereocenters. The summed E-state index contributed by atoms with van der Waals surface area (Å²) in [5.41, 5.74) is 15.6. The first kappa shape index (κ1) is 38.9. The fourth-order valence-electron chi connectivity index (χ4n) is 10.6. The number of nitrogens with zero attached hydrogens (tertiary/aromatic N) is 5. The second kappa shape index (κ2) is 15.4. The molecule has 0 atom stereocenters. The van der Waals surface area contributed by atoms with Crippen LogP contribution in [-0.4, -0.2) is 24.9 Å². The molecule has 0 amide bonds. The van der Waals surface area contributed by atoms with Gasteiger partial charge < -0.3 is 9.15 Å². The maximum atomic E-state index is 6.79. The lowest BCUT2D eigenvalue weighted by Gasteiger charge is -2.40. The fourth-order valence-corrected chi connectivity index (χ4v) is 10.6. The van der Waals surface area contributed by atoms with Gasteiger partial charge in [-0.05, 0) is 63.7 Å². The molecule has 0 radical (unpaired) electrons. The van der Waals surface area contributed by atoms with Gasteiger partial charge in [0.2, 0.25) is 0 Å². The third-order valence-electron chi connectivity index (χ3n) is 13.6. The molecule has 9 aromatic carbocycles. The SMILES string of the molecule is c1ccc(-c2nc(-c3ccccc3)nc(-c3cccc4c3C3(c5ccccc5Oc5ccccc53)c3cc(-c5ccc(-c6nc(-c7ccccc7)c7oc8ccccc8c7n6)cc5)ccc3-4)n2)cc1. The van der Waals surface area contributed by atoms with Gasteiger partial charge in [-0.15, -0.1) is 0 Å². The molecule has 4 heterocycles. The number of para-hydroxylation sites is 3. The van der Waals surface area contributed by atoms with Crippen LogP contribution in [0.4, 0.5) is 0 Å². The van der Waals surface area contributed by atoms with E-state index in [1.807, 2.05) is 84.9 Å². The summed E-state index contributed by atoms with van der Waals surface area (Å²) in [7, 11) is 0. The highest BCUT2D eigenvalue weighted by atomic mass is 16.5. The summed E-state index contributed by atoms with van der Waals surface area (Å²) in [6.45, 7) is 0. The fraction of sp³-hybridized carbons (Fsp3) is 0.0161. The minimum Gasteiger partial charge on any atom is -0.457 e. The quantitative estimate of drug-likeness (QED) is 0.164. The van der Waals surface area contributed by atoms with Gasteiger partial charge in [-0.2, -0.15) is 0 Å². The van der Waals surface area contributed by atoms with Gasteiger partial charge in [-0.25, -0.2) is 24.9 Å². The van der Waals surface area contributed by atoms with Crippen LogP contribution in [-0.2, 0) is 5.41 Å². The summed E-state index contributed by atoms with van der Waals surface area (Å²) in [5.74, 6) is 4.07. The Bertz CT molecular complexity index is 3880. The second-order valence-corrected chi connectivity index (χ2v) is 17.5. The Morgan fingerprint density at radius 3 is 1.54 bits per heavy atom. The van der Waals surface area contributed by atoms with Crippen molar-refractivity contribution >= 4 is 22.1 Å². The van der Waals surface area contributed by atoms with E-state index in [0.29, 0.717) is 28.9 Å². The molecule has 322 valence electrons. The summed E-state index contributed by atoms with van der Waals surface area (Å²) < 4.78 is 13.2. The molecule has 0 saturated carbocycles. The van der Waals surface area contributed by atoms with E-state index >= 15 is 0 Å². The summed E-state index contributed by atoms with van der Waals surface area (Å²) in [5, 5.41) is 0.959. The van der Waals surface area contributed by atoms with Crippen LogP contribution < -0.4 is 4.74 Å². The zero-order chi connectivity index (χ0) is 45.5. The summed E-state index contributed by atoms with van der Waals surface area (Å²) in [6, 6.07) is 77.4. The van der Waals surface area contributed by atoms with Gasteiger partial charge in [-0.3, -0.25) is 0 Å². The third kappa shape index (κ3) is 6.04. The van der Waals surface area contributed by atoms with Crippen molar-refractivity contribution in [2.75, 3.05) is 0 Å². The van der Waals surface area contributed by atoms with Crippen LogP contribution in [0.25, 0.3) is 101 Å². The maximum absolute atomic E-state index is 6.79. The Kier molecular flexibility index (Phi) is 8.66. The molecule has 0 saturated heterocycles. The number of fused-ring (bicyclic) bond motifs is 12. The Labute approximate surface area is 397 Å². The lowest BCUT2D eigenvalue weighted by atomic mass is 9.64. The standard InChI is InChI=1S/C62H37N5O2/c1-4-17-39(18-5-1)55-57-56(46-23-10-13-28-51(46)69-57)64-58(63-55)42-33-31-38(32-34-42)43-35-36-44-45-24-16-25-47(61-66-59(40-19-6-2-7-20-40)65-60(67-61)41-21-8-3-9-22-41)54(45)62(50(44)37-43)48-26-11-14-29-52(48)68-53-30-15-12-27-49(53)62/h1-37H. The van der Waals surface area contributed by atoms with E-state index in [1.54, 1.807) is 0 Å². The third-order valence-corrected chi connectivity index (χ3v) is 13.6. The number of hydrogen-bond acceptors (Lipinski definition) is 7. The largest absolute Gasteiger partial charge is 0.457 e. The number of furan rings is 1. The predicted octanol–water partition coefficient (Wildman–Crippen LogP) is 15.0. The van der Waals surface area contributed by atoms with E-state index in [2.05, 4.69) is 140 Å². The van der Waals surface area contributed by atoms with E-state index in [9.17, 15) is 0 Å². The first-order chi connectivity index (χ1) is 34.2. The molecule has 69 heavy (non-hydrogen) atoms. The number of hydrogen-bond donors (Lipinski definition) is 0. The molecule has 3 aromatic heterocycles. The predicted molar refractivity (Wildman–Crippen MR) is 273 cm³/mol. The van der Waals surface area contributed by atoms with Gasteiger partial charge >= 0.3 is 0 Å². The van der Waals surface area contributed by atoms with Crippen LogP contribution in [0.3, 0.4) is 0 Å². The molecule has 12 aromatic rings. The van der Waals surface area contributed by atoms with E-state index in [0.717, 1.165) is 106 Å². The van der Waals surface area contributed by atoms with Gasteiger partial charge in [0.05, 0.1) is 5.41 Å². The highest BCUT2D eigenvalue weighted by Gasteiger charge is 2.52. The van der Waals surface area contributed by atoms with Crippen molar-refractivity contribution in [2.24, 2.45) is 0 Å². The van der Waals surface area contributed by atoms with Crippen molar-refractivity contribution in [3.63, 3.8) is 0 Å². The first-order valence-corrected chi connectivity index (χ1v) is 23.1. The Morgan fingerprint density at radius 2 is 0.855 bits per heavy atom.